The summed E-state index contributed by atoms with van der Waals surface area (Å²) in [6.07, 6.45) is 1.22. The minimum atomic E-state index is -1.27. The van der Waals surface area contributed by atoms with Crippen LogP contribution in [0.1, 0.15) is 13.8 Å². The first-order valence-electron chi connectivity index (χ1n) is 6.95. The van der Waals surface area contributed by atoms with E-state index in [2.05, 4.69) is 16.0 Å². The summed E-state index contributed by atoms with van der Waals surface area (Å²) in [5, 5.41) is 8.51. The molecular weight excluding hydrogens is 302 g/mol. The molecule has 1 aromatic carbocycles. The molecule has 8 nitrogen and oxygen atoms in total. The van der Waals surface area contributed by atoms with Crippen molar-refractivity contribution in [2.75, 3.05) is 22.5 Å². The van der Waals surface area contributed by atoms with Crippen molar-refractivity contribution in [1.29, 1.82) is 0 Å². The number of anilines is 3. The van der Waals surface area contributed by atoms with E-state index in [1.165, 1.54) is 20.0 Å². The first-order chi connectivity index (χ1) is 10.8. The minimum Gasteiger partial charge on any atom is -0.419 e. The molecule has 3 rings (SSSR count). The van der Waals surface area contributed by atoms with E-state index in [1.54, 1.807) is 18.2 Å². The molecule has 1 aromatic rings. The van der Waals surface area contributed by atoms with E-state index in [-0.39, 0.29) is 18.0 Å². The highest BCUT2D eigenvalue weighted by Crippen LogP contribution is 2.28. The highest BCUT2D eigenvalue weighted by Gasteiger charge is 2.38. The topological polar surface area (TPSA) is 106 Å². The summed E-state index contributed by atoms with van der Waals surface area (Å²) in [7, 11) is 0. The van der Waals surface area contributed by atoms with Crippen molar-refractivity contribution in [3.63, 3.8) is 0 Å². The lowest BCUT2D eigenvalue weighted by molar-refractivity contribution is -0.222. The third-order valence-electron chi connectivity index (χ3n) is 3.23. The molecule has 1 fully saturated rings. The van der Waals surface area contributed by atoms with Gasteiger partial charge in [0.1, 0.15) is 0 Å². The summed E-state index contributed by atoms with van der Waals surface area (Å²) >= 11 is 0. The van der Waals surface area contributed by atoms with Gasteiger partial charge in [0, 0.05) is 25.7 Å². The minimum absolute atomic E-state index is 0.144. The van der Waals surface area contributed by atoms with Gasteiger partial charge in [-0.15, -0.1) is 0 Å². The Kier molecular flexibility index (Phi) is 3.44. The monoisotopic (exact) mass is 317 g/mol. The van der Waals surface area contributed by atoms with E-state index < -0.39 is 17.7 Å². The van der Waals surface area contributed by atoms with Crippen molar-refractivity contribution in [2.45, 2.75) is 19.6 Å². The fourth-order valence-corrected chi connectivity index (χ4v) is 2.20. The molecular formula is C15H15N3O5. The largest absolute Gasteiger partial charge is 0.419 e. The van der Waals surface area contributed by atoms with E-state index in [4.69, 9.17) is 9.47 Å². The number of hydrogen-bond donors (Lipinski definition) is 3. The van der Waals surface area contributed by atoms with Crippen LogP contribution in [0.25, 0.3) is 0 Å². The third kappa shape index (κ3) is 3.10. The van der Waals surface area contributed by atoms with Gasteiger partial charge < -0.3 is 25.4 Å². The second-order valence-electron chi connectivity index (χ2n) is 5.54. The summed E-state index contributed by atoms with van der Waals surface area (Å²) in [5.41, 5.74) is 1.76. The smallest absolute Gasteiger partial charge is 0.350 e. The van der Waals surface area contributed by atoms with Crippen LogP contribution < -0.4 is 16.0 Å². The average molecular weight is 317 g/mol. The number of ether oxygens (including phenoxy) is 2. The van der Waals surface area contributed by atoms with Crippen molar-refractivity contribution < 1.29 is 23.9 Å². The molecule has 0 aliphatic carbocycles. The van der Waals surface area contributed by atoms with Gasteiger partial charge in [-0.2, -0.15) is 0 Å². The van der Waals surface area contributed by atoms with E-state index in [0.717, 1.165) is 5.69 Å². The fraction of sp³-hybridized carbons (Fsp3) is 0.267. The zero-order valence-electron chi connectivity index (χ0n) is 12.6. The molecule has 0 aromatic heterocycles. The molecule has 3 N–H and O–H groups in total. The molecule has 1 saturated heterocycles. The maximum absolute atomic E-state index is 11.8. The number of esters is 2. The van der Waals surface area contributed by atoms with Gasteiger partial charge in [-0.05, 0) is 18.2 Å². The van der Waals surface area contributed by atoms with Crippen LogP contribution in [0.3, 0.4) is 0 Å². The Bertz CT molecular complexity index is 717. The molecule has 0 bridgehead atoms. The van der Waals surface area contributed by atoms with Crippen molar-refractivity contribution in [1.82, 2.24) is 0 Å². The predicted octanol–water partition coefficient (Wildman–Crippen LogP) is 1.18. The van der Waals surface area contributed by atoms with Crippen molar-refractivity contribution in [2.24, 2.45) is 0 Å². The summed E-state index contributed by atoms with van der Waals surface area (Å²) in [6, 6.07) is 5.19. The van der Waals surface area contributed by atoms with Crippen LogP contribution in [-0.4, -0.2) is 30.2 Å². The summed E-state index contributed by atoms with van der Waals surface area (Å²) in [6.45, 7) is 3.18. The lowest BCUT2D eigenvalue weighted by Crippen LogP contribution is -2.42. The maximum Gasteiger partial charge on any atom is 0.350 e. The number of hydrogen-bond acceptors (Lipinski definition) is 7. The molecule has 0 saturated carbocycles. The molecule has 2 heterocycles. The Hall–Kier alpha value is -3.03. The number of nitrogens with one attached hydrogen (secondary N) is 3. The Morgan fingerprint density at radius 1 is 1.13 bits per heavy atom. The van der Waals surface area contributed by atoms with Crippen LogP contribution in [-0.2, 0) is 23.9 Å². The van der Waals surface area contributed by atoms with E-state index in [9.17, 15) is 14.4 Å². The van der Waals surface area contributed by atoms with Crippen LogP contribution in [0.2, 0.25) is 0 Å². The number of carbonyl (C=O) groups excluding carboxylic acids is 3. The fourth-order valence-electron chi connectivity index (χ4n) is 2.20. The highest BCUT2D eigenvalue weighted by atomic mass is 16.7. The number of cyclic esters (lactones) is 2. The van der Waals surface area contributed by atoms with Crippen LogP contribution in [0.4, 0.5) is 17.1 Å². The molecule has 0 radical (unpaired) electrons. The van der Waals surface area contributed by atoms with Crippen LogP contribution in [0.5, 0.6) is 0 Å². The van der Waals surface area contributed by atoms with Crippen molar-refractivity contribution >= 4 is 34.9 Å². The second-order valence-corrected chi connectivity index (χ2v) is 5.54. The third-order valence-corrected chi connectivity index (χ3v) is 3.23. The zero-order valence-corrected chi connectivity index (χ0v) is 12.6. The molecule has 2 aliphatic rings. The molecule has 2 aliphatic heterocycles. The maximum atomic E-state index is 11.8. The normalized spacial score (nSPS) is 18.9. The van der Waals surface area contributed by atoms with Crippen molar-refractivity contribution in [3.8, 4) is 0 Å². The number of carbonyl (C=O) groups is 3. The molecule has 120 valence electrons. The van der Waals surface area contributed by atoms with E-state index in [1.807, 2.05) is 0 Å². The quantitative estimate of drug-likeness (QED) is 0.427. The van der Waals surface area contributed by atoms with Gasteiger partial charge in [0.2, 0.25) is 5.91 Å². The Labute approximate surface area is 131 Å². The van der Waals surface area contributed by atoms with Crippen LogP contribution in [0, 0.1) is 0 Å². The standard InChI is InChI=1S/C15H15N3O5/c1-15(2)22-13(20)9(14(21)23-15)6-16-8-3-4-10-11(5-8)18-12(19)7-17-10/h3-6,16-17H,7H2,1-2H3,(H,18,19). The average Bonchev–Trinajstić information content (AvgIpc) is 2.44. The van der Waals surface area contributed by atoms with Gasteiger partial charge in [-0.3, -0.25) is 4.79 Å². The lowest BCUT2D eigenvalue weighted by atomic mass is 10.2. The number of amides is 1. The number of benzene rings is 1. The Morgan fingerprint density at radius 3 is 2.52 bits per heavy atom. The number of fused-ring (bicyclic) bond motifs is 1. The van der Waals surface area contributed by atoms with Gasteiger partial charge >= 0.3 is 11.9 Å². The van der Waals surface area contributed by atoms with Crippen LogP contribution in [0.15, 0.2) is 30.0 Å². The van der Waals surface area contributed by atoms with E-state index >= 15 is 0 Å². The summed E-state index contributed by atoms with van der Waals surface area (Å²) in [5.74, 6) is -2.93. The van der Waals surface area contributed by atoms with Gasteiger partial charge in [0.15, 0.2) is 5.57 Å². The highest BCUT2D eigenvalue weighted by molar-refractivity contribution is 6.15. The summed E-state index contributed by atoms with van der Waals surface area (Å²) in [4.78, 5) is 35.0. The first-order valence-corrected chi connectivity index (χ1v) is 6.95. The van der Waals surface area contributed by atoms with Gasteiger partial charge in [-0.25, -0.2) is 9.59 Å². The van der Waals surface area contributed by atoms with Gasteiger partial charge in [0.25, 0.3) is 5.79 Å². The lowest BCUT2D eigenvalue weighted by Gasteiger charge is -2.29. The zero-order chi connectivity index (χ0) is 16.6. The Balaban J connectivity index is 1.78. The van der Waals surface area contributed by atoms with Crippen LogP contribution >= 0.6 is 0 Å². The van der Waals surface area contributed by atoms with Crippen molar-refractivity contribution in [3.05, 3.63) is 30.0 Å². The van der Waals surface area contributed by atoms with Gasteiger partial charge in [-0.1, -0.05) is 0 Å². The SMILES string of the molecule is CC1(C)OC(=O)C(=CNc2ccc3c(c2)NC(=O)CN3)C(=O)O1. The summed E-state index contributed by atoms with van der Waals surface area (Å²) < 4.78 is 9.98. The number of rotatable bonds is 2. The molecule has 1 amide bonds. The molecule has 0 unspecified atom stereocenters. The molecule has 0 spiro atoms. The first kappa shape index (κ1) is 14.9. The predicted molar refractivity (Wildman–Crippen MR) is 81.5 cm³/mol. The van der Waals surface area contributed by atoms with Gasteiger partial charge in [0.05, 0.1) is 17.9 Å². The second kappa shape index (κ2) is 5.31. The molecule has 23 heavy (non-hydrogen) atoms. The molecule has 0 atom stereocenters. The Morgan fingerprint density at radius 2 is 1.83 bits per heavy atom. The molecule has 8 heteroatoms. The van der Waals surface area contributed by atoms with E-state index in [0.29, 0.717) is 11.4 Å².